The van der Waals surface area contributed by atoms with Crippen molar-refractivity contribution in [1.29, 1.82) is 0 Å². The quantitative estimate of drug-likeness (QED) is 0.705. The average molecular weight is 211 g/mol. The molecule has 0 saturated carbocycles. The Morgan fingerprint density at radius 3 is 2.60 bits per heavy atom. The van der Waals surface area contributed by atoms with Crippen LogP contribution in [0, 0.1) is 5.82 Å². The zero-order valence-electron chi connectivity index (χ0n) is 8.46. The summed E-state index contributed by atoms with van der Waals surface area (Å²) in [6, 6.07) is 5.10. The van der Waals surface area contributed by atoms with Crippen molar-refractivity contribution >= 4 is 11.7 Å². The summed E-state index contributed by atoms with van der Waals surface area (Å²) in [5, 5.41) is 5.19. The van der Waals surface area contributed by atoms with Gasteiger partial charge in [0, 0.05) is 18.3 Å². The molecule has 0 fully saturated rings. The van der Waals surface area contributed by atoms with E-state index in [1.807, 2.05) is 0 Å². The summed E-state index contributed by atoms with van der Waals surface area (Å²) < 4.78 is 12.5. The van der Waals surface area contributed by atoms with Gasteiger partial charge in [0.05, 0.1) is 0 Å². The smallest absolute Gasteiger partial charge is 0.319 e. The van der Waals surface area contributed by atoms with Crippen LogP contribution < -0.4 is 16.4 Å². The van der Waals surface area contributed by atoms with Crippen LogP contribution in [0.15, 0.2) is 24.3 Å². The number of halogens is 1. The number of nitrogens with two attached hydrogens (primary N) is 1. The minimum Gasteiger partial charge on any atom is -0.334 e. The van der Waals surface area contributed by atoms with Crippen LogP contribution in [0.2, 0.25) is 0 Å². The van der Waals surface area contributed by atoms with Crippen LogP contribution in [0.1, 0.15) is 6.92 Å². The molecule has 82 valence electrons. The number of carbonyl (C=O) groups is 1. The van der Waals surface area contributed by atoms with Gasteiger partial charge in [0.2, 0.25) is 0 Å². The zero-order chi connectivity index (χ0) is 11.3. The molecule has 1 atom stereocenters. The van der Waals surface area contributed by atoms with Crippen molar-refractivity contribution in [2.24, 2.45) is 5.73 Å². The minimum atomic E-state index is -0.348. The highest BCUT2D eigenvalue weighted by molar-refractivity contribution is 5.89. The van der Waals surface area contributed by atoms with Gasteiger partial charge in [-0.1, -0.05) is 0 Å². The van der Waals surface area contributed by atoms with E-state index in [1.165, 1.54) is 24.3 Å². The summed E-state index contributed by atoms with van der Waals surface area (Å²) in [5.41, 5.74) is 5.88. The standard InChI is InChI=1S/C10H14FN3O/c1-7(6-12)13-10(15)14-9-4-2-8(11)3-5-9/h2-5,7H,6,12H2,1H3,(H2,13,14,15)/t7-/m1/s1. The fraction of sp³-hybridized carbons (Fsp3) is 0.300. The molecule has 0 aromatic heterocycles. The Kier molecular flexibility index (Phi) is 4.05. The van der Waals surface area contributed by atoms with Gasteiger partial charge >= 0.3 is 6.03 Å². The number of carbonyl (C=O) groups excluding carboxylic acids is 1. The van der Waals surface area contributed by atoms with E-state index in [9.17, 15) is 9.18 Å². The van der Waals surface area contributed by atoms with Crippen molar-refractivity contribution in [3.8, 4) is 0 Å². The lowest BCUT2D eigenvalue weighted by Crippen LogP contribution is -2.40. The third kappa shape index (κ3) is 3.95. The molecule has 15 heavy (non-hydrogen) atoms. The fourth-order valence-electron chi connectivity index (χ4n) is 0.983. The maximum absolute atomic E-state index is 12.5. The Morgan fingerprint density at radius 2 is 2.07 bits per heavy atom. The predicted octanol–water partition coefficient (Wildman–Crippen LogP) is 1.29. The third-order valence-corrected chi connectivity index (χ3v) is 1.83. The van der Waals surface area contributed by atoms with Gasteiger partial charge < -0.3 is 16.4 Å². The summed E-state index contributed by atoms with van der Waals surface area (Å²) in [4.78, 5) is 11.3. The van der Waals surface area contributed by atoms with Crippen LogP contribution in [-0.4, -0.2) is 18.6 Å². The number of hydrogen-bond donors (Lipinski definition) is 3. The van der Waals surface area contributed by atoms with Crippen molar-refractivity contribution < 1.29 is 9.18 Å². The van der Waals surface area contributed by atoms with Crippen LogP contribution >= 0.6 is 0 Å². The van der Waals surface area contributed by atoms with E-state index in [2.05, 4.69) is 10.6 Å². The molecular weight excluding hydrogens is 197 g/mol. The van der Waals surface area contributed by atoms with E-state index in [1.54, 1.807) is 6.92 Å². The van der Waals surface area contributed by atoms with Gasteiger partial charge in [-0.3, -0.25) is 0 Å². The number of hydrogen-bond acceptors (Lipinski definition) is 2. The highest BCUT2D eigenvalue weighted by Gasteiger charge is 2.04. The maximum Gasteiger partial charge on any atom is 0.319 e. The van der Waals surface area contributed by atoms with Crippen LogP contribution in [0.4, 0.5) is 14.9 Å². The highest BCUT2D eigenvalue weighted by atomic mass is 19.1. The zero-order valence-corrected chi connectivity index (χ0v) is 8.46. The molecule has 0 bridgehead atoms. The van der Waals surface area contributed by atoms with Gasteiger partial charge in [-0.05, 0) is 31.2 Å². The normalized spacial score (nSPS) is 11.9. The van der Waals surface area contributed by atoms with E-state index in [-0.39, 0.29) is 17.9 Å². The van der Waals surface area contributed by atoms with Crippen molar-refractivity contribution in [1.82, 2.24) is 5.32 Å². The summed E-state index contributed by atoms with van der Waals surface area (Å²) >= 11 is 0. The molecule has 1 aromatic rings. The van der Waals surface area contributed by atoms with Crippen molar-refractivity contribution in [2.75, 3.05) is 11.9 Å². The van der Waals surface area contributed by atoms with Crippen LogP contribution in [0.25, 0.3) is 0 Å². The summed E-state index contributed by atoms with van der Waals surface area (Å²) in [5.74, 6) is -0.337. The first-order chi connectivity index (χ1) is 7.11. The SMILES string of the molecule is C[C@H](CN)NC(=O)Nc1ccc(F)cc1. The summed E-state index contributed by atoms with van der Waals surface area (Å²) in [6.45, 7) is 2.17. The number of urea groups is 1. The molecule has 1 aromatic carbocycles. The number of nitrogens with one attached hydrogen (secondary N) is 2. The topological polar surface area (TPSA) is 67.1 Å². The van der Waals surface area contributed by atoms with Crippen molar-refractivity contribution in [2.45, 2.75) is 13.0 Å². The average Bonchev–Trinajstić information content (AvgIpc) is 2.21. The molecule has 0 saturated heterocycles. The summed E-state index contributed by atoms with van der Waals surface area (Å²) in [7, 11) is 0. The largest absolute Gasteiger partial charge is 0.334 e. The van der Waals surface area contributed by atoms with Gasteiger partial charge in [-0.25, -0.2) is 9.18 Å². The highest BCUT2D eigenvalue weighted by Crippen LogP contribution is 2.07. The predicted molar refractivity (Wildman–Crippen MR) is 57.1 cm³/mol. The number of benzene rings is 1. The van der Waals surface area contributed by atoms with E-state index in [4.69, 9.17) is 5.73 Å². The molecule has 0 spiro atoms. The van der Waals surface area contributed by atoms with E-state index < -0.39 is 0 Å². The van der Waals surface area contributed by atoms with Gasteiger partial charge in [0.25, 0.3) is 0 Å². The van der Waals surface area contributed by atoms with Gasteiger partial charge in [-0.15, -0.1) is 0 Å². The van der Waals surface area contributed by atoms with E-state index in [0.717, 1.165) is 0 Å². The molecule has 0 aliphatic heterocycles. The van der Waals surface area contributed by atoms with Crippen molar-refractivity contribution in [3.63, 3.8) is 0 Å². The second kappa shape index (κ2) is 5.31. The Bertz CT molecular complexity index is 326. The number of amides is 2. The Morgan fingerprint density at radius 1 is 1.47 bits per heavy atom. The lowest BCUT2D eigenvalue weighted by atomic mass is 10.3. The third-order valence-electron chi connectivity index (χ3n) is 1.83. The molecule has 0 heterocycles. The van der Waals surface area contributed by atoms with E-state index >= 15 is 0 Å². The Hall–Kier alpha value is -1.62. The molecule has 0 radical (unpaired) electrons. The van der Waals surface area contributed by atoms with Crippen LogP contribution in [0.3, 0.4) is 0 Å². The number of rotatable bonds is 3. The fourth-order valence-corrected chi connectivity index (χ4v) is 0.983. The maximum atomic E-state index is 12.5. The molecule has 0 aliphatic rings. The minimum absolute atomic E-state index is 0.0922. The molecule has 4 nitrogen and oxygen atoms in total. The Labute approximate surface area is 87.7 Å². The number of anilines is 1. The summed E-state index contributed by atoms with van der Waals surface area (Å²) in [6.07, 6.45) is 0. The van der Waals surface area contributed by atoms with Gasteiger partial charge in [0.1, 0.15) is 5.82 Å². The molecule has 0 aliphatic carbocycles. The second-order valence-electron chi connectivity index (χ2n) is 3.24. The molecule has 2 amide bonds. The first-order valence-electron chi connectivity index (χ1n) is 4.65. The molecule has 1 rings (SSSR count). The molecule has 0 unspecified atom stereocenters. The lowest BCUT2D eigenvalue weighted by Gasteiger charge is -2.12. The van der Waals surface area contributed by atoms with Gasteiger partial charge in [-0.2, -0.15) is 0 Å². The first kappa shape index (κ1) is 11.5. The van der Waals surface area contributed by atoms with Crippen LogP contribution in [0.5, 0.6) is 0 Å². The molecular formula is C10H14FN3O. The van der Waals surface area contributed by atoms with Crippen LogP contribution in [-0.2, 0) is 0 Å². The van der Waals surface area contributed by atoms with Crippen molar-refractivity contribution in [3.05, 3.63) is 30.1 Å². The second-order valence-corrected chi connectivity index (χ2v) is 3.24. The molecule has 4 N–H and O–H groups in total. The lowest BCUT2D eigenvalue weighted by molar-refractivity contribution is 0.249. The first-order valence-corrected chi connectivity index (χ1v) is 4.65. The monoisotopic (exact) mass is 211 g/mol. The Balaban J connectivity index is 2.48. The van der Waals surface area contributed by atoms with E-state index in [0.29, 0.717) is 12.2 Å². The van der Waals surface area contributed by atoms with Gasteiger partial charge in [0.15, 0.2) is 0 Å². The molecule has 5 heteroatoms.